The molecule has 0 aliphatic carbocycles. The van der Waals surface area contributed by atoms with Crippen molar-refractivity contribution in [3.63, 3.8) is 0 Å². The summed E-state index contributed by atoms with van der Waals surface area (Å²) < 4.78 is 39.2. The molecule has 0 aromatic heterocycles. The van der Waals surface area contributed by atoms with Gasteiger partial charge in [-0.05, 0) is 30.3 Å². The Labute approximate surface area is 169 Å². The van der Waals surface area contributed by atoms with Crippen LogP contribution in [-0.4, -0.2) is 34.6 Å². The van der Waals surface area contributed by atoms with Gasteiger partial charge in [-0.1, -0.05) is 34.8 Å². The standard InChI is InChI=1S/C16H11Cl3O7S/c1-24-15(20)8-3-9(16(21)25-2)5-10(4-8)26-27(22,23)14-7-12(18)11(17)6-13(14)19/h3-7H,1-2H3. The van der Waals surface area contributed by atoms with E-state index in [1.807, 2.05) is 0 Å². The van der Waals surface area contributed by atoms with E-state index in [0.717, 1.165) is 38.5 Å². The molecule has 0 unspecified atom stereocenters. The topological polar surface area (TPSA) is 96.0 Å². The number of hydrogen-bond donors (Lipinski definition) is 0. The van der Waals surface area contributed by atoms with Crippen molar-refractivity contribution in [1.29, 1.82) is 0 Å². The Kier molecular flexibility index (Phi) is 6.59. The largest absolute Gasteiger partial charge is 0.465 e. The lowest BCUT2D eigenvalue weighted by Crippen LogP contribution is -2.13. The van der Waals surface area contributed by atoms with Crippen molar-refractivity contribution >= 4 is 56.9 Å². The minimum atomic E-state index is -4.46. The predicted octanol–water partition coefficient (Wildman–Crippen LogP) is 3.99. The summed E-state index contributed by atoms with van der Waals surface area (Å²) in [6.45, 7) is 0. The zero-order valence-corrected chi connectivity index (χ0v) is 16.9. The Morgan fingerprint density at radius 1 is 0.778 bits per heavy atom. The van der Waals surface area contributed by atoms with Gasteiger partial charge in [0.25, 0.3) is 0 Å². The van der Waals surface area contributed by atoms with Crippen molar-refractivity contribution < 1.29 is 31.7 Å². The third-order valence-corrected chi connectivity index (χ3v) is 5.63. The maximum Gasteiger partial charge on any atom is 0.340 e. The minimum Gasteiger partial charge on any atom is -0.465 e. The van der Waals surface area contributed by atoms with Crippen molar-refractivity contribution in [1.82, 2.24) is 0 Å². The van der Waals surface area contributed by atoms with E-state index in [1.165, 1.54) is 6.07 Å². The first kappa shape index (κ1) is 21.3. The van der Waals surface area contributed by atoms with Gasteiger partial charge in [0, 0.05) is 0 Å². The van der Waals surface area contributed by atoms with Crippen LogP contribution in [0.1, 0.15) is 20.7 Å². The molecule has 27 heavy (non-hydrogen) atoms. The van der Waals surface area contributed by atoms with Crippen LogP contribution in [0, 0.1) is 0 Å². The van der Waals surface area contributed by atoms with E-state index in [-0.39, 0.29) is 31.9 Å². The van der Waals surface area contributed by atoms with Crippen LogP contribution in [0.4, 0.5) is 0 Å². The van der Waals surface area contributed by atoms with Gasteiger partial charge in [0.1, 0.15) is 10.6 Å². The minimum absolute atomic E-state index is 0.0539. The maximum atomic E-state index is 12.5. The molecule has 7 nitrogen and oxygen atoms in total. The fourth-order valence-corrected chi connectivity index (χ4v) is 3.88. The smallest absolute Gasteiger partial charge is 0.340 e. The van der Waals surface area contributed by atoms with Crippen LogP contribution >= 0.6 is 34.8 Å². The zero-order valence-electron chi connectivity index (χ0n) is 13.8. The highest BCUT2D eigenvalue weighted by Gasteiger charge is 2.24. The van der Waals surface area contributed by atoms with Gasteiger partial charge in [0.15, 0.2) is 0 Å². The number of carbonyl (C=O) groups is 2. The van der Waals surface area contributed by atoms with Gasteiger partial charge in [0.05, 0.1) is 40.4 Å². The number of hydrogen-bond acceptors (Lipinski definition) is 7. The van der Waals surface area contributed by atoms with Crippen molar-refractivity contribution in [3.05, 3.63) is 56.5 Å². The third kappa shape index (κ3) is 4.84. The van der Waals surface area contributed by atoms with Gasteiger partial charge in [-0.15, -0.1) is 0 Å². The molecule has 0 saturated carbocycles. The van der Waals surface area contributed by atoms with E-state index in [0.29, 0.717) is 0 Å². The van der Waals surface area contributed by atoms with Crippen molar-refractivity contribution in [3.8, 4) is 5.75 Å². The number of carbonyl (C=O) groups excluding carboxylic acids is 2. The summed E-state index contributed by atoms with van der Waals surface area (Å²) in [4.78, 5) is 23.1. The Bertz CT molecular complexity index is 985. The number of rotatable bonds is 5. The first-order valence-electron chi connectivity index (χ1n) is 6.99. The Balaban J connectivity index is 2.53. The Morgan fingerprint density at radius 3 is 1.74 bits per heavy atom. The van der Waals surface area contributed by atoms with Crippen molar-refractivity contribution in [2.24, 2.45) is 0 Å². The quantitative estimate of drug-likeness (QED) is 0.384. The zero-order chi connectivity index (χ0) is 20.4. The number of benzene rings is 2. The highest BCUT2D eigenvalue weighted by Crippen LogP contribution is 2.33. The van der Waals surface area contributed by atoms with Crippen LogP contribution in [0.25, 0.3) is 0 Å². The molecule has 144 valence electrons. The van der Waals surface area contributed by atoms with Crippen LogP contribution in [0.2, 0.25) is 15.1 Å². The van der Waals surface area contributed by atoms with Gasteiger partial charge in [-0.3, -0.25) is 0 Å². The molecule has 0 N–H and O–H groups in total. The van der Waals surface area contributed by atoms with E-state index >= 15 is 0 Å². The van der Waals surface area contributed by atoms with Crippen LogP contribution in [0.3, 0.4) is 0 Å². The fraction of sp³-hybridized carbons (Fsp3) is 0.125. The summed E-state index contributed by atoms with van der Waals surface area (Å²) in [5, 5.41) is -0.218. The number of esters is 2. The van der Waals surface area contributed by atoms with Crippen LogP contribution in [-0.2, 0) is 19.6 Å². The molecule has 0 atom stereocenters. The van der Waals surface area contributed by atoms with Gasteiger partial charge in [-0.25, -0.2) is 9.59 Å². The lowest BCUT2D eigenvalue weighted by Gasteiger charge is -2.11. The molecule has 0 aliphatic rings. The fourth-order valence-electron chi connectivity index (χ4n) is 1.99. The first-order valence-corrected chi connectivity index (χ1v) is 9.54. The normalized spacial score (nSPS) is 11.0. The predicted molar refractivity (Wildman–Crippen MR) is 98.4 cm³/mol. The molecular formula is C16H11Cl3O7S. The Morgan fingerprint density at radius 2 is 1.26 bits per heavy atom. The number of halogens is 3. The summed E-state index contributed by atoms with van der Waals surface area (Å²) in [6.07, 6.45) is 0. The maximum absolute atomic E-state index is 12.5. The van der Waals surface area contributed by atoms with Gasteiger partial charge in [0.2, 0.25) is 0 Å². The van der Waals surface area contributed by atoms with Crippen LogP contribution in [0.15, 0.2) is 35.2 Å². The van der Waals surface area contributed by atoms with E-state index in [9.17, 15) is 18.0 Å². The monoisotopic (exact) mass is 452 g/mol. The van der Waals surface area contributed by atoms with Crippen LogP contribution < -0.4 is 4.18 Å². The molecule has 0 saturated heterocycles. The third-order valence-electron chi connectivity index (χ3n) is 3.20. The molecule has 2 aromatic rings. The second-order valence-electron chi connectivity index (χ2n) is 4.96. The lowest BCUT2D eigenvalue weighted by atomic mass is 10.1. The Hall–Kier alpha value is -2.00. The number of ether oxygens (including phenoxy) is 2. The van der Waals surface area contributed by atoms with Gasteiger partial charge in [-0.2, -0.15) is 8.42 Å². The molecule has 0 amide bonds. The van der Waals surface area contributed by atoms with E-state index in [2.05, 4.69) is 9.47 Å². The van der Waals surface area contributed by atoms with Gasteiger partial charge < -0.3 is 13.7 Å². The summed E-state index contributed by atoms with van der Waals surface area (Å²) in [5.74, 6) is -1.95. The second-order valence-corrected chi connectivity index (χ2v) is 7.70. The summed E-state index contributed by atoms with van der Waals surface area (Å²) in [6, 6.07) is 5.51. The van der Waals surface area contributed by atoms with Crippen molar-refractivity contribution in [2.75, 3.05) is 14.2 Å². The average Bonchev–Trinajstić information content (AvgIpc) is 2.62. The van der Waals surface area contributed by atoms with E-state index in [4.69, 9.17) is 39.0 Å². The molecule has 0 spiro atoms. The lowest BCUT2D eigenvalue weighted by molar-refractivity contribution is 0.0598. The number of methoxy groups -OCH3 is 2. The highest BCUT2D eigenvalue weighted by molar-refractivity contribution is 7.87. The molecular weight excluding hydrogens is 443 g/mol. The molecule has 0 aliphatic heterocycles. The molecule has 11 heteroatoms. The highest BCUT2D eigenvalue weighted by atomic mass is 35.5. The van der Waals surface area contributed by atoms with Crippen LogP contribution in [0.5, 0.6) is 5.75 Å². The summed E-state index contributed by atoms with van der Waals surface area (Å²) in [7, 11) is -2.21. The summed E-state index contributed by atoms with van der Waals surface area (Å²) >= 11 is 17.5. The first-order chi connectivity index (χ1) is 12.6. The molecule has 0 bridgehead atoms. The van der Waals surface area contributed by atoms with E-state index in [1.54, 1.807) is 0 Å². The molecule has 0 fully saturated rings. The molecule has 0 heterocycles. The van der Waals surface area contributed by atoms with Crippen molar-refractivity contribution in [2.45, 2.75) is 4.90 Å². The molecule has 0 radical (unpaired) electrons. The molecule has 2 rings (SSSR count). The summed E-state index contributed by atoms with van der Waals surface area (Å²) in [5.41, 5.74) is -0.239. The molecule has 2 aromatic carbocycles. The van der Waals surface area contributed by atoms with E-state index < -0.39 is 27.0 Å². The SMILES string of the molecule is COC(=O)c1cc(OS(=O)(=O)c2cc(Cl)c(Cl)cc2Cl)cc(C(=O)OC)c1. The second kappa shape index (κ2) is 8.35. The van der Waals surface area contributed by atoms with Gasteiger partial charge >= 0.3 is 22.1 Å². The average molecular weight is 454 g/mol.